The van der Waals surface area contributed by atoms with Crippen molar-refractivity contribution in [3.05, 3.63) is 36.3 Å². The fourth-order valence-corrected chi connectivity index (χ4v) is 1.44. The Hall–Kier alpha value is -2.44. The number of carbonyl (C=O) groups is 1. The van der Waals surface area contributed by atoms with E-state index in [-0.39, 0.29) is 5.69 Å². The van der Waals surface area contributed by atoms with E-state index in [0.717, 1.165) is 12.1 Å². The van der Waals surface area contributed by atoms with E-state index >= 15 is 0 Å². The Morgan fingerprint density at radius 3 is 2.78 bits per heavy atom. The van der Waals surface area contributed by atoms with Crippen LogP contribution in [0.5, 0.6) is 0 Å². The van der Waals surface area contributed by atoms with Crippen molar-refractivity contribution in [3.8, 4) is 0 Å². The molecule has 7 nitrogen and oxygen atoms in total. The molecule has 0 fully saturated rings. The standard InChI is InChI=1S/C11H13N5O2/c1-16-6-8(15-7-16)2-3-12-10-5-13-9(4-14-10)11(17)18/h4-7H,2-3H2,1H3,(H,12,14)(H,17,18). The Bertz CT molecular complexity index is 535. The smallest absolute Gasteiger partial charge is 0.356 e. The molecule has 2 heterocycles. The van der Waals surface area contributed by atoms with Crippen LogP contribution in [0.2, 0.25) is 0 Å². The topological polar surface area (TPSA) is 92.9 Å². The van der Waals surface area contributed by atoms with Gasteiger partial charge in [0.25, 0.3) is 0 Å². The minimum Gasteiger partial charge on any atom is -0.476 e. The van der Waals surface area contributed by atoms with E-state index in [1.807, 2.05) is 17.8 Å². The van der Waals surface area contributed by atoms with Gasteiger partial charge in [-0.15, -0.1) is 0 Å². The van der Waals surface area contributed by atoms with Crippen molar-refractivity contribution >= 4 is 11.8 Å². The molecule has 2 aromatic heterocycles. The molecule has 18 heavy (non-hydrogen) atoms. The largest absolute Gasteiger partial charge is 0.476 e. The third-order valence-corrected chi connectivity index (χ3v) is 2.32. The van der Waals surface area contributed by atoms with Crippen molar-refractivity contribution < 1.29 is 9.90 Å². The summed E-state index contributed by atoms with van der Waals surface area (Å²) in [5.74, 6) is -0.529. The van der Waals surface area contributed by atoms with Gasteiger partial charge in [0.1, 0.15) is 5.82 Å². The van der Waals surface area contributed by atoms with Crippen molar-refractivity contribution in [1.82, 2.24) is 19.5 Å². The normalized spacial score (nSPS) is 10.3. The highest BCUT2D eigenvalue weighted by Crippen LogP contribution is 2.02. The van der Waals surface area contributed by atoms with Gasteiger partial charge in [0.05, 0.1) is 24.4 Å². The van der Waals surface area contributed by atoms with Crippen LogP contribution in [0.4, 0.5) is 5.82 Å². The number of aromatic nitrogens is 4. The lowest BCUT2D eigenvalue weighted by Crippen LogP contribution is -2.08. The molecule has 94 valence electrons. The van der Waals surface area contributed by atoms with Crippen LogP contribution in [-0.2, 0) is 13.5 Å². The minimum atomic E-state index is -1.08. The van der Waals surface area contributed by atoms with Crippen molar-refractivity contribution in [2.24, 2.45) is 7.05 Å². The molecule has 0 amide bonds. The second-order valence-corrected chi connectivity index (χ2v) is 3.80. The van der Waals surface area contributed by atoms with Crippen molar-refractivity contribution in [2.45, 2.75) is 6.42 Å². The first-order chi connectivity index (χ1) is 8.65. The summed E-state index contributed by atoms with van der Waals surface area (Å²) in [5, 5.41) is 11.7. The number of aryl methyl sites for hydroxylation is 1. The molecule has 0 spiro atoms. The maximum atomic E-state index is 10.6. The number of nitrogens with one attached hydrogen (secondary N) is 1. The fourth-order valence-electron chi connectivity index (χ4n) is 1.44. The van der Waals surface area contributed by atoms with E-state index in [0.29, 0.717) is 12.4 Å². The van der Waals surface area contributed by atoms with Crippen LogP contribution in [0.15, 0.2) is 24.9 Å². The molecule has 0 saturated carbocycles. The number of carboxylic acids is 1. The molecule has 7 heteroatoms. The van der Waals surface area contributed by atoms with Crippen LogP contribution < -0.4 is 5.32 Å². The zero-order valence-electron chi connectivity index (χ0n) is 9.87. The van der Waals surface area contributed by atoms with Gasteiger partial charge in [-0.3, -0.25) is 0 Å². The molecule has 0 aliphatic rings. The summed E-state index contributed by atoms with van der Waals surface area (Å²) >= 11 is 0. The second-order valence-electron chi connectivity index (χ2n) is 3.80. The molecular formula is C11H13N5O2. The van der Waals surface area contributed by atoms with Gasteiger partial charge >= 0.3 is 5.97 Å². The molecule has 0 saturated heterocycles. The summed E-state index contributed by atoms with van der Waals surface area (Å²) in [4.78, 5) is 22.5. The maximum Gasteiger partial charge on any atom is 0.356 e. The third-order valence-electron chi connectivity index (χ3n) is 2.32. The highest BCUT2D eigenvalue weighted by molar-refractivity contribution is 5.84. The first-order valence-corrected chi connectivity index (χ1v) is 5.41. The first kappa shape index (κ1) is 12.0. The highest BCUT2D eigenvalue weighted by Gasteiger charge is 2.04. The lowest BCUT2D eigenvalue weighted by Gasteiger charge is -2.03. The maximum absolute atomic E-state index is 10.6. The van der Waals surface area contributed by atoms with Crippen LogP contribution in [-0.4, -0.2) is 37.1 Å². The van der Waals surface area contributed by atoms with E-state index < -0.39 is 5.97 Å². The lowest BCUT2D eigenvalue weighted by atomic mass is 10.3. The SMILES string of the molecule is Cn1cnc(CCNc2cnc(C(=O)O)cn2)c1. The molecule has 2 N–H and O–H groups in total. The zero-order valence-corrected chi connectivity index (χ0v) is 9.87. The summed E-state index contributed by atoms with van der Waals surface area (Å²) in [6.07, 6.45) is 7.09. The number of imidazole rings is 1. The van der Waals surface area contributed by atoms with Gasteiger partial charge in [-0.05, 0) is 0 Å². The van der Waals surface area contributed by atoms with Crippen molar-refractivity contribution in [3.63, 3.8) is 0 Å². The van der Waals surface area contributed by atoms with Crippen LogP contribution in [0.1, 0.15) is 16.2 Å². The molecule has 0 unspecified atom stereocenters. The quantitative estimate of drug-likeness (QED) is 0.802. The Kier molecular flexibility index (Phi) is 3.52. The molecule has 0 atom stereocenters. The van der Waals surface area contributed by atoms with Crippen LogP contribution in [0.25, 0.3) is 0 Å². The first-order valence-electron chi connectivity index (χ1n) is 5.41. The zero-order chi connectivity index (χ0) is 13.0. The molecule has 2 rings (SSSR count). The number of anilines is 1. The fraction of sp³-hybridized carbons (Fsp3) is 0.273. The monoisotopic (exact) mass is 247 g/mol. The third kappa shape index (κ3) is 3.03. The Labute approximate surface area is 104 Å². The van der Waals surface area contributed by atoms with Gasteiger partial charge in [0.15, 0.2) is 5.69 Å². The average molecular weight is 247 g/mol. The van der Waals surface area contributed by atoms with Crippen molar-refractivity contribution in [2.75, 3.05) is 11.9 Å². The van der Waals surface area contributed by atoms with Gasteiger partial charge in [-0.1, -0.05) is 0 Å². The Morgan fingerprint density at radius 1 is 1.39 bits per heavy atom. The molecule has 0 aliphatic heterocycles. The number of hydrogen-bond acceptors (Lipinski definition) is 5. The van der Waals surface area contributed by atoms with Gasteiger partial charge in [0, 0.05) is 26.2 Å². The van der Waals surface area contributed by atoms with Gasteiger partial charge < -0.3 is 15.0 Å². The summed E-state index contributed by atoms with van der Waals surface area (Å²) in [6.45, 7) is 0.665. The molecule has 0 radical (unpaired) electrons. The second kappa shape index (κ2) is 5.26. The summed E-state index contributed by atoms with van der Waals surface area (Å²) in [7, 11) is 1.92. The average Bonchev–Trinajstić information content (AvgIpc) is 2.76. The molecular weight excluding hydrogens is 234 g/mol. The van der Waals surface area contributed by atoms with E-state index in [4.69, 9.17) is 5.11 Å². The summed E-state index contributed by atoms with van der Waals surface area (Å²) < 4.78 is 1.89. The van der Waals surface area contributed by atoms with Crippen LogP contribution in [0.3, 0.4) is 0 Å². The summed E-state index contributed by atoms with van der Waals surface area (Å²) in [5.41, 5.74) is 0.922. The Balaban J connectivity index is 1.85. The highest BCUT2D eigenvalue weighted by atomic mass is 16.4. The van der Waals surface area contributed by atoms with Gasteiger partial charge in [0.2, 0.25) is 0 Å². The number of hydrogen-bond donors (Lipinski definition) is 2. The predicted octanol–water partition coefficient (Wildman–Crippen LogP) is 0.563. The summed E-state index contributed by atoms with van der Waals surface area (Å²) in [6, 6.07) is 0. The lowest BCUT2D eigenvalue weighted by molar-refractivity contribution is 0.0690. The van der Waals surface area contributed by atoms with E-state index in [1.54, 1.807) is 6.33 Å². The Morgan fingerprint density at radius 2 is 2.22 bits per heavy atom. The van der Waals surface area contributed by atoms with Gasteiger partial charge in [-0.2, -0.15) is 0 Å². The number of rotatable bonds is 5. The van der Waals surface area contributed by atoms with E-state index in [9.17, 15) is 4.79 Å². The number of carboxylic acid groups (broad SMARTS) is 1. The van der Waals surface area contributed by atoms with E-state index in [2.05, 4.69) is 20.3 Å². The molecule has 0 aliphatic carbocycles. The predicted molar refractivity (Wildman–Crippen MR) is 64.4 cm³/mol. The van der Waals surface area contributed by atoms with Gasteiger partial charge in [-0.25, -0.2) is 19.7 Å². The molecule has 2 aromatic rings. The van der Waals surface area contributed by atoms with Crippen LogP contribution in [0, 0.1) is 0 Å². The number of aromatic carboxylic acids is 1. The van der Waals surface area contributed by atoms with E-state index in [1.165, 1.54) is 12.4 Å². The van der Waals surface area contributed by atoms with Crippen LogP contribution >= 0.6 is 0 Å². The number of nitrogens with zero attached hydrogens (tertiary/aromatic N) is 4. The molecule has 0 aromatic carbocycles. The van der Waals surface area contributed by atoms with Crippen molar-refractivity contribution in [1.29, 1.82) is 0 Å². The minimum absolute atomic E-state index is 0.0646. The molecule has 0 bridgehead atoms.